The van der Waals surface area contributed by atoms with Crippen LogP contribution in [0.3, 0.4) is 0 Å². The number of aliphatic hydroxyl groups excluding tert-OH is 1. The second-order valence-corrected chi connectivity index (χ2v) is 5.49. The number of aromatic nitrogens is 1. The van der Waals surface area contributed by atoms with Gasteiger partial charge < -0.3 is 20.5 Å². The second kappa shape index (κ2) is 5.25. The van der Waals surface area contributed by atoms with Crippen LogP contribution in [-0.2, 0) is 0 Å². The summed E-state index contributed by atoms with van der Waals surface area (Å²) in [5, 5.41) is 9.38. The van der Waals surface area contributed by atoms with E-state index in [9.17, 15) is 5.11 Å². The third kappa shape index (κ3) is 2.76. The van der Waals surface area contributed by atoms with Crippen molar-refractivity contribution in [2.45, 2.75) is 31.7 Å². The zero-order chi connectivity index (χ0) is 13.2. The molecule has 1 atom stereocenters. The predicted octanol–water partition coefficient (Wildman–Crippen LogP) is 1.41. The van der Waals surface area contributed by atoms with E-state index in [1.54, 1.807) is 0 Å². The van der Waals surface area contributed by atoms with E-state index in [-0.39, 0.29) is 12.6 Å². The van der Waals surface area contributed by atoms with Gasteiger partial charge in [-0.15, -0.1) is 0 Å². The average Bonchev–Trinajstić information content (AvgIpc) is 3.13. The molecule has 2 heterocycles. The van der Waals surface area contributed by atoms with Crippen molar-refractivity contribution in [1.29, 1.82) is 0 Å². The summed E-state index contributed by atoms with van der Waals surface area (Å²) < 4.78 is 5.70. The van der Waals surface area contributed by atoms with E-state index in [4.69, 9.17) is 10.5 Å². The number of pyridine rings is 1. The molecule has 1 aliphatic heterocycles. The van der Waals surface area contributed by atoms with Gasteiger partial charge in [-0.25, -0.2) is 0 Å². The fourth-order valence-corrected chi connectivity index (χ4v) is 2.53. The monoisotopic (exact) mass is 263 g/mol. The van der Waals surface area contributed by atoms with Crippen molar-refractivity contribution in [3.63, 3.8) is 0 Å². The largest absolute Gasteiger partial charge is 0.476 e. The summed E-state index contributed by atoms with van der Waals surface area (Å²) in [5.74, 6) is 2.08. The Bertz CT molecular complexity index is 448. The van der Waals surface area contributed by atoms with Crippen molar-refractivity contribution in [3.8, 4) is 5.88 Å². The highest BCUT2D eigenvalue weighted by atomic mass is 16.5. The van der Waals surface area contributed by atoms with Crippen LogP contribution >= 0.6 is 0 Å². The number of rotatable bonds is 5. The first-order valence-corrected chi connectivity index (χ1v) is 7.04. The molecule has 0 amide bonds. The van der Waals surface area contributed by atoms with Gasteiger partial charge in [0, 0.05) is 6.54 Å². The first kappa shape index (κ1) is 12.5. The molecular formula is C14H21N3O2. The second-order valence-electron chi connectivity index (χ2n) is 5.49. The third-order valence-electron chi connectivity index (χ3n) is 3.91. The van der Waals surface area contributed by atoms with Crippen LogP contribution in [0.2, 0.25) is 0 Å². The maximum atomic E-state index is 9.38. The Morgan fingerprint density at radius 2 is 2.21 bits per heavy atom. The quantitative estimate of drug-likeness (QED) is 0.840. The van der Waals surface area contributed by atoms with Gasteiger partial charge in [-0.05, 0) is 43.7 Å². The minimum absolute atomic E-state index is 0.171. The first-order chi connectivity index (χ1) is 9.28. The van der Waals surface area contributed by atoms with Gasteiger partial charge in [-0.1, -0.05) is 0 Å². The number of nitrogens with zero attached hydrogens (tertiary/aromatic N) is 2. The summed E-state index contributed by atoms with van der Waals surface area (Å²) in [7, 11) is 0. The van der Waals surface area contributed by atoms with Crippen LogP contribution in [0.15, 0.2) is 12.1 Å². The first-order valence-electron chi connectivity index (χ1n) is 7.04. The molecule has 1 saturated heterocycles. The number of hydrogen-bond donors (Lipinski definition) is 2. The number of ether oxygens (including phenoxy) is 1. The predicted molar refractivity (Wildman–Crippen MR) is 74.3 cm³/mol. The highest BCUT2D eigenvalue weighted by molar-refractivity contribution is 5.55. The van der Waals surface area contributed by atoms with Crippen molar-refractivity contribution in [1.82, 2.24) is 4.98 Å². The molecule has 1 aromatic rings. The van der Waals surface area contributed by atoms with Gasteiger partial charge in [-0.2, -0.15) is 4.98 Å². The molecule has 3 N–H and O–H groups in total. The molecular weight excluding hydrogens is 242 g/mol. The molecule has 0 bridgehead atoms. The lowest BCUT2D eigenvalue weighted by Gasteiger charge is -2.24. The van der Waals surface area contributed by atoms with Crippen molar-refractivity contribution >= 4 is 11.5 Å². The highest BCUT2D eigenvalue weighted by Crippen LogP contribution is 2.32. The Balaban J connectivity index is 1.75. The van der Waals surface area contributed by atoms with E-state index in [0.717, 1.165) is 25.2 Å². The van der Waals surface area contributed by atoms with E-state index in [1.165, 1.54) is 12.8 Å². The van der Waals surface area contributed by atoms with E-state index in [0.29, 0.717) is 24.1 Å². The molecule has 3 rings (SSSR count). The molecule has 19 heavy (non-hydrogen) atoms. The molecule has 1 aromatic heterocycles. The van der Waals surface area contributed by atoms with Crippen molar-refractivity contribution < 1.29 is 9.84 Å². The van der Waals surface area contributed by atoms with Crippen molar-refractivity contribution in [3.05, 3.63) is 12.1 Å². The van der Waals surface area contributed by atoms with Crippen LogP contribution in [0.25, 0.3) is 0 Å². The number of anilines is 2. The topological polar surface area (TPSA) is 71.6 Å². The molecule has 0 spiro atoms. The lowest BCUT2D eigenvalue weighted by atomic mass is 10.2. The Hall–Kier alpha value is -1.49. The SMILES string of the molecule is Nc1ccc(N2CCCC2CO)nc1OCC1CC1. The van der Waals surface area contributed by atoms with Gasteiger partial charge in [0.2, 0.25) is 5.88 Å². The molecule has 5 heteroatoms. The van der Waals surface area contributed by atoms with E-state index in [1.807, 2.05) is 12.1 Å². The van der Waals surface area contributed by atoms with Crippen LogP contribution in [0.1, 0.15) is 25.7 Å². The summed E-state index contributed by atoms with van der Waals surface area (Å²) in [4.78, 5) is 6.66. The molecule has 2 fully saturated rings. The zero-order valence-electron chi connectivity index (χ0n) is 11.1. The van der Waals surface area contributed by atoms with Gasteiger partial charge >= 0.3 is 0 Å². The van der Waals surface area contributed by atoms with Crippen molar-refractivity contribution in [2.75, 3.05) is 30.4 Å². The summed E-state index contributed by atoms with van der Waals surface area (Å²) >= 11 is 0. The number of aliphatic hydroxyl groups is 1. The Morgan fingerprint density at radius 3 is 2.95 bits per heavy atom. The number of nitrogen functional groups attached to an aromatic ring is 1. The smallest absolute Gasteiger partial charge is 0.239 e. The van der Waals surface area contributed by atoms with Gasteiger partial charge in [0.05, 0.1) is 24.9 Å². The highest BCUT2D eigenvalue weighted by Gasteiger charge is 2.26. The molecule has 104 valence electrons. The van der Waals surface area contributed by atoms with Gasteiger partial charge in [0.1, 0.15) is 5.82 Å². The Labute approximate surface area is 113 Å². The number of hydrogen-bond acceptors (Lipinski definition) is 5. The lowest BCUT2D eigenvalue weighted by Crippen LogP contribution is -2.32. The van der Waals surface area contributed by atoms with Gasteiger partial charge in [-0.3, -0.25) is 0 Å². The van der Waals surface area contributed by atoms with Gasteiger partial charge in [0.15, 0.2) is 0 Å². The maximum Gasteiger partial charge on any atom is 0.239 e. The van der Waals surface area contributed by atoms with Gasteiger partial charge in [0.25, 0.3) is 0 Å². The third-order valence-corrected chi connectivity index (χ3v) is 3.91. The zero-order valence-corrected chi connectivity index (χ0v) is 11.1. The lowest BCUT2D eigenvalue weighted by molar-refractivity contribution is 0.265. The van der Waals surface area contributed by atoms with E-state index >= 15 is 0 Å². The molecule has 5 nitrogen and oxygen atoms in total. The maximum absolute atomic E-state index is 9.38. The minimum atomic E-state index is 0.171. The minimum Gasteiger partial charge on any atom is -0.476 e. The average molecular weight is 263 g/mol. The van der Waals surface area contributed by atoms with E-state index in [2.05, 4.69) is 9.88 Å². The summed E-state index contributed by atoms with van der Waals surface area (Å²) in [6.07, 6.45) is 4.60. The molecule has 0 aromatic carbocycles. The van der Waals surface area contributed by atoms with Crippen LogP contribution in [-0.4, -0.2) is 35.9 Å². The summed E-state index contributed by atoms with van der Waals surface area (Å²) in [6, 6.07) is 3.93. The Morgan fingerprint density at radius 1 is 1.37 bits per heavy atom. The molecule has 1 saturated carbocycles. The Kier molecular flexibility index (Phi) is 3.46. The normalized spacial score (nSPS) is 22.8. The summed E-state index contributed by atoms with van der Waals surface area (Å²) in [6.45, 7) is 1.82. The van der Waals surface area contributed by atoms with Crippen LogP contribution in [0.4, 0.5) is 11.5 Å². The fraction of sp³-hybridized carbons (Fsp3) is 0.643. The summed E-state index contributed by atoms with van der Waals surface area (Å²) in [5.41, 5.74) is 6.49. The fourth-order valence-electron chi connectivity index (χ4n) is 2.53. The standard InChI is InChI=1S/C14H21N3O2/c15-12-5-6-13(17-7-1-2-11(17)8-18)16-14(12)19-9-10-3-4-10/h5-6,10-11,18H,1-4,7-9,15H2. The molecule has 2 aliphatic rings. The van der Waals surface area contributed by atoms with Crippen LogP contribution < -0.4 is 15.4 Å². The number of nitrogens with two attached hydrogens (primary N) is 1. The molecule has 1 unspecified atom stereocenters. The van der Waals surface area contributed by atoms with Crippen LogP contribution in [0.5, 0.6) is 5.88 Å². The van der Waals surface area contributed by atoms with Crippen molar-refractivity contribution in [2.24, 2.45) is 5.92 Å². The van der Waals surface area contributed by atoms with Crippen LogP contribution in [0, 0.1) is 5.92 Å². The molecule has 1 aliphatic carbocycles. The molecule has 0 radical (unpaired) electrons. The van der Waals surface area contributed by atoms with E-state index < -0.39 is 0 Å².